The molecule has 1 aliphatic carbocycles. The third-order valence-corrected chi connectivity index (χ3v) is 4.00. The number of nitrogens with two attached hydrogens (primary N) is 1. The van der Waals surface area contributed by atoms with Crippen LogP contribution in [0.5, 0.6) is 0 Å². The summed E-state index contributed by atoms with van der Waals surface area (Å²) in [5.74, 6) is 0.0750. The van der Waals surface area contributed by atoms with Crippen LogP contribution >= 0.6 is 0 Å². The molecule has 19 heavy (non-hydrogen) atoms. The van der Waals surface area contributed by atoms with Gasteiger partial charge >= 0.3 is 6.18 Å². The number of guanidine groups is 1. The average Bonchev–Trinajstić information content (AvgIpc) is 2.75. The zero-order valence-corrected chi connectivity index (χ0v) is 10.8. The summed E-state index contributed by atoms with van der Waals surface area (Å²) in [4.78, 5) is 3.85. The highest BCUT2D eigenvalue weighted by Gasteiger charge is 2.58. The number of hydrogen-bond acceptors (Lipinski definition) is 2. The van der Waals surface area contributed by atoms with Gasteiger partial charge < -0.3 is 15.8 Å². The Morgan fingerprint density at radius 3 is 2.58 bits per heavy atom. The predicted octanol–water partition coefficient (Wildman–Crippen LogP) is 1.80. The lowest BCUT2D eigenvalue weighted by molar-refractivity contribution is -0.245. The fraction of sp³-hybridized carbons (Fsp3) is 0.917. The summed E-state index contributed by atoms with van der Waals surface area (Å²) in [6, 6.07) is 0. The van der Waals surface area contributed by atoms with Crippen molar-refractivity contribution in [3.8, 4) is 0 Å². The molecule has 1 saturated carbocycles. The highest BCUT2D eigenvalue weighted by molar-refractivity contribution is 5.77. The first-order valence-electron chi connectivity index (χ1n) is 6.65. The van der Waals surface area contributed by atoms with E-state index < -0.39 is 11.6 Å². The number of nitrogens with zero attached hydrogens (tertiary/aromatic N) is 1. The predicted molar refractivity (Wildman–Crippen MR) is 65.8 cm³/mol. The maximum atomic E-state index is 12.9. The van der Waals surface area contributed by atoms with Crippen molar-refractivity contribution in [3.05, 3.63) is 0 Å². The molecule has 1 atom stereocenters. The maximum absolute atomic E-state index is 12.9. The van der Waals surface area contributed by atoms with Gasteiger partial charge in [0, 0.05) is 13.2 Å². The van der Waals surface area contributed by atoms with E-state index in [1.807, 2.05) is 0 Å². The summed E-state index contributed by atoms with van der Waals surface area (Å²) in [6.45, 7) is 0.968. The zero-order valence-electron chi connectivity index (χ0n) is 10.8. The van der Waals surface area contributed by atoms with Gasteiger partial charge in [0.1, 0.15) is 0 Å². The molecule has 0 spiro atoms. The van der Waals surface area contributed by atoms with E-state index in [-0.39, 0.29) is 31.4 Å². The van der Waals surface area contributed by atoms with Gasteiger partial charge in [-0.1, -0.05) is 6.42 Å². The van der Waals surface area contributed by atoms with E-state index in [1.165, 1.54) is 0 Å². The lowest BCUT2D eigenvalue weighted by atomic mass is 9.68. The van der Waals surface area contributed by atoms with Crippen molar-refractivity contribution >= 4 is 5.96 Å². The summed E-state index contributed by atoms with van der Waals surface area (Å²) >= 11 is 0. The van der Waals surface area contributed by atoms with Crippen LogP contribution in [0.1, 0.15) is 32.1 Å². The lowest BCUT2D eigenvalue weighted by Gasteiger charge is -2.41. The van der Waals surface area contributed by atoms with Crippen LogP contribution < -0.4 is 11.1 Å². The molecule has 110 valence electrons. The minimum absolute atomic E-state index is 0.0750. The van der Waals surface area contributed by atoms with Crippen molar-refractivity contribution in [1.82, 2.24) is 5.32 Å². The Morgan fingerprint density at radius 2 is 2.11 bits per heavy atom. The summed E-state index contributed by atoms with van der Waals surface area (Å²) in [6.07, 6.45) is -1.22. The highest BCUT2D eigenvalue weighted by Crippen LogP contribution is 2.53. The molecule has 0 radical (unpaired) electrons. The molecule has 0 aromatic heterocycles. The van der Waals surface area contributed by atoms with Crippen LogP contribution in [0.3, 0.4) is 0 Å². The molecule has 1 aliphatic heterocycles. The third-order valence-electron chi connectivity index (χ3n) is 4.00. The van der Waals surface area contributed by atoms with Crippen molar-refractivity contribution in [3.63, 3.8) is 0 Å². The number of aliphatic imine (C=N–C) groups is 1. The average molecular weight is 279 g/mol. The molecule has 1 unspecified atom stereocenters. The smallest absolute Gasteiger partial charge is 0.376 e. The first-order chi connectivity index (χ1) is 8.93. The second kappa shape index (κ2) is 5.56. The van der Waals surface area contributed by atoms with Crippen LogP contribution in [-0.2, 0) is 4.74 Å². The van der Waals surface area contributed by atoms with E-state index in [0.717, 1.165) is 19.4 Å². The number of ether oxygens (including phenoxy) is 1. The molecule has 0 amide bonds. The van der Waals surface area contributed by atoms with Crippen molar-refractivity contribution in [2.24, 2.45) is 16.1 Å². The molecule has 1 saturated heterocycles. The van der Waals surface area contributed by atoms with Gasteiger partial charge in [-0.15, -0.1) is 0 Å². The molecule has 0 aromatic rings. The van der Waals surface area contributed by atoms with Crippen LogP contribution in [-0.4, -0.2) is 37.9 Å². The molecular formula is C12H20F3N3O. The molecule has 0 aromatic carbocycles. The molecule has 0 bridgehead atoms. The largest absolute Gasteiger partial charge is 0.396 e. The molecule has 1 heterocycles. The monoisotopic (exact) mass is 279 g/mol. The fourth-order valence-corrected chi connectivity index (χ4v) is 2.45. The Labute approximate surface area is 110 Å². The molecule has 3 N–H and O–H groups in total. The van der Waals surface area contributed by atoms with Gasteiger partial charge in [-0.2, -0.15) is 13.2 Å². The summed E-state index contributed by atoms with van der Waals surface area (Å²) in [5, 5.41) is 2.83. The number of rotatable bonds is 4. The Bertz CT molecular complexity index is 334. The van der Waals surface area contributed by atoms with E-state index in [0.29, 0.717) is 13.0 Å². The SMILES string of the molecule is NC(=NCC1(C(F)(F)F)CCC1)NCC1CCCO1. The van der Waals surface area contributed by atoms with Crippen molar-refractivity contribution in [2.75, 3.05) is 19.7 Å². The Balaban J connectivity index is 1.80. The van der Waals surface area contributed by atoms with Crippen LogP contribution in [0.2, 0.25) is 0 Å². The quantitative estimate of drug-likeness (QED) is 0.609. The Hall–Kier alpha value is -0.980. The summed E-state index contributed by atoms with van der Waals surface area (Å²) < 4.78 is 44.0. The van der Waals surface area contributed by atoms with Crippen molar-refractivity contribution < 1.29 is 17.9 Å². The normalized spacial score (nSPS) is 27.1. The van der Waals surface area contributed by atoms with E-state index in [2.05, 4.69) is 10.3 Å². The number of halogens is 3. The van der Waals surface area contributed by atoms with E-state index in [9.17, 15) is 13.2 Å². The lowest BCUT2D eigenvalue weighted by Crippen LogP contribution is -2.47. The Morgan fingerprint density at radius 1 is 1.37 bits per heavy atom. The minimum Gasteiger partial charge on any atom is -0.376 e. The van der Waals surface area contributed by atoms with E-state index in [1.54, 1.807) is 0 Å². The first-order valence-corrected chi connectivity index (χ1v) is 6.65. The third kappa shape index (κ3) is 3.32. The second-order valence-electron chi connectivity index (χ2n) is 5.35. The second-order valence-corrected chi connectivity index (χ2v) is 5.35. The van der Waals surface area contributed by atoms with Gasteiger partial charge in [-0.05, 0) is 25.7 Å². The summed E-state index contributed by atoms with van der Waals surface area (Å²) in [7, 11) is 0. The van der Waals surface area contributed by atoms with Gasteiger partial charge in [0.15, 0.2) is 5.96 Å². The molecule has 4 nitrogen and oxygen atoms in total. The van der Waals surface area contributed by atoms with Gasteiger partial charge in [0.05, 0.1) is 18.1 Å². The summed E-state index contributed by atoms with van der Waals surface area (Å²) in [5.41, 5.74) is 3.95. The first kappa shape index (κ1) is 14.4. The van der Waals surface area contributed by atoms with Gasteiger partial charge in [-0.25, -0.2) is 0 Å². The molecule has 7 heteroatoms. The Kier molecular flexibility index (Phi) is 4.23. The van der Waals surface area contributed by atoms with Crippen LogP contribution in [0.15, 0.2) is 4.99 Å². The molecule has 2 fully saturated rings. The molecule has 2 rings (SSSR count). The van der Waals surface area contributed by atoms with Crippen molar-refractivity contribution in [1.29, 1.82) is 0 Å². The topological polar surface area (TPSA) is 59.6 Å². The standard InChI is InChI=1S/C12H20F3N3O/c13-12(14,15)11(4-2-5-11)8-18-10(16)17-7-9-3-1-6-19-9/h9H,1-8H2,(H3,16,17,18). The van der Waals surface area contributed by atoms with Crippen LogP contribution in [0.4, 0.5) is 13.2 Å². The molecule has 2 aliphatic rings. The van der Waals surface area contributed by atoms with Crippen LogP contribution in [0, 0.1) is 5.41 Å². The molecular weight excluding hydrogens is 259 g/mol. The zero-order chi connectivity index (χ0) is 13.9. The van der Waals surface area contributed by atoms with Crippen molar-refractivity contribution in [2.45, 2.75) is 44.4 Å². The number of hydrogen-bond donors (Lipinski definition) is 2. The van der Waals surface area contributed by atoms with Crippen LogP contribution in [0.25, 0.3) is 0 Å². The highest BCUT2D eigenvalue weighted by atomic mass is 19.4. The van der Waals surface area contributed by atoms with Gasteiger partial charge in [0.25, 0.3) is 0 Å². The maximum Gasteiger partial charge on any atom is 0.396 e. The van der Waals surface area contributed by atoms with E-state index in [4.69, 9.17) is 10.5 Å². The van der Waals surface area contributed by atoms with E-state index >= 15 is 0 Å². The number of alkyl halides is 3. The fourth-order valence-electron chi connectivity index (χ4n) is 2.45. The van der Waals surface area contributed by atoms with Gasteiger partial charge in [0.2, 0.25) is 0 Å². The van der Waals surface area contributed by atoms with Gasteiger partial charge in [-0.3, -0.25) is 4.99 Å². The number of nitrogens with one attached hydrogen (secondary N) is 1. The minimum atomic E-state index is -4.19.